The van der Waals surface area contributed by atoms with Crippen molar-refractivity contribution in [3.8, 4) is 11.6 Å². The number of nitrogens with zero attached hydrogens (tertiary/aromatic N) is 6. The molecule has 198 valence electrons. The van der Waals surface area contributed by atoms with Crippen molar-refractivity contribution in [3.05, 3.63) is 90.0 Å². The number of nitrogens with one attached hydrogen (secondary N) is 1. The molecule has 2 aliphatic heterocycles. The van der Waals surface area contributed by atoms with Gasteiger partial charge in [-0.05, 0) is 48.3 Å². The van der Waals surface area contributed by atoms with Gasteiger partial charge in [-0.25, -0.2) is 4.98 Å². The zero-order chi connectivity index (χ0) is 26.3. The zero-order valence-corrected chi connectivity index (χ0v) is 21.3. The molecular weight excluding hydrogens is 494 g/mol. The molecule has 1 amide bonds. The second-order valence-corrected chi connectivity index (χ2v) is 10.8. The first-order chi connectivity index (χ1) is 19.1. The van der Waals surface area contributed by atoms with Crippen LogP contribution in [-0.4, -0.2) is 66.2 Å². The summed E-state index contributed by atoms with van der Waals surface area (Å²) in [5, 5.41) is 22.7. The minimum absolute atomic E-state index is 0.0386. The lowest BCUT2D eigenvalue weighted by Crippen LogP contribution is -2.35. The molecule has 39 heavy (non-hydrogen) atoms. The second-order valence-electron chi connectivity index (χ2n) is 10.8. The number of hydrogen-bond donors (Lipinski definition) is 2. The van der Waals surface area contributed by atoms with Gasteiger partial charge < -0.3 is 19.7 Å². The monoisotopic (exact) mass is 523 g/mol. The zero-order valence-electron chi connectivity index (χ0n) is 21.3. The molecule has 1 aliphatic carbocycles. The second kappa shape index (κ2) is 9.94. The molecule has 3 aromatic heterocycles. The molecule has 3 fully saturated rings. The molecule has 2 unspecified atom stereocenters. The van der Waals surface area contributed by atoms with Crippen molar-refractivity contribution in [1.82, 2.24) is 35.4 Å². The van der Waals surface area contributed by atoms with Crippen molar-refractivity contribution in [1.29, 1.82) is 0 Å². The molecule has 5 heterocycles. The van der Waals surface area contributed by atoms with Gasteiger partial charge in [0.25, 0.3) is 11.8 Å². The minimum Gasteiger partial charge on any atom is -0.419 e. The first kappa shape index (κ1) is 24.1. The summed E-state index contributed by atoms with van der Waals surface area (Å²) in [6, 6.07) is 13.9. The summed E-state index contributed by atoms with van der Waals surface area (Å²) in [6.07, 6.45) is 8.82. The van der Waals surface area contributed by atoms with Gasteiger partial charge in [0.2, 0.25) is 5.89 Å². The number of piperidine rings is 1. The van der Waals surface area contributed by atoms with E-state index in [9.17, 15) is 9.90 Å². The van der Waals surface area contributed by atoms with E-state index >= 15 is 0 Å². The fraction of sp³-hybridized carbons (Fsp3) is 0.379. The Morgan fingerprint density at radius 3 is 2.62 bits per heavy atom. The number of aromatic nitrogens is 5. The van der Waals surface area contributed by atoms with Crippen molar-refractivity contribution >= 4 is 5.91 Å². The predicted molar refractivity (Wildman–Crippen MR) is 140 cm³/mol. The van der Waals surface area contributed by atoms with Gasteiger partial charge in [0, 0.05) is 49.7 Å². The lowest BCUT2D eigenvalue weighted by molar-refractivity contribution is 0.0765. The van der Waals surface area contributed by atoms with Gasteiger partial charge in [-0.1, -0.05) is 36.4 Å². The highest BCUT2D eigenvalue weighted by Crippen LogP contribution is 2.58. The van der Waals surface area contributed by atoms with E-state index in [0.717, 1.165) is 30.4 Å². The normalized spacial score (nSPS) is 26.4. The molecule has 0 bridgehead atoms. The molecule has 0 spiro atoms. The smallest absolute Gasteiger partial charge is 0.272 e. The Labute approximate surface area is 225 Å². The van der Waals surface area contributed by atoms with Crippen LogP contribution in [0.4, 0.5) is 0 Å². The molecule has 10 nitrogen and oxygen atoms in total. The third-order valence-electron chi connectivity index (χ3n) is 8.31. The number of hydrogen-bond acceptors (Lipinski definition) is 9. The van der Waals surface area contributed by atoms with E-state index < -0.39 is 6.10 Å². The predicted octanol–water partition coefficient (Wildman–Crippen LogP) is 2.80. The number of amides is 1. The Bertz CT molecular complexity index is 1430. The van der Waals surface area contributed by atoms with E-state index in [1.54, 1.807) is 18.6 Å². The molecule has 10 heteroatoms. The Balaban J connectivity index is 0.915. The Morgan fingerprint density at radius 1 is 1.03 bits per heavy atom. The largest absolute Gasteiger partial charge is 0.419 e. The van der Waals surface area contributed by atoms with E-state index in [-0.39, 0.29) is 23.9 Å². The maximum Gasteiger partial charge on any atom is 0.272 e. The quantitative estimate of drug-likeness (QED) is 0.375. The molecule has 2 saturated heterocycles. The summed E-state index contributed by atoms with van der Waals surface area (Å²) in [7, 11) is 0. The molecule has 7 rings (SSSR count). The van der Waals surface area contributed by atoms with Crippen LogP contribution in [-0.2, 0) is 6.42 Å². The number of carbonyl (C=O) groups is 1. The van der Waals surface area contributed by atoms with E-state index in [0.29, 0.717) is 48.1 Å². The molecule has 1 aromatic carbocycles. The van der Waals surface area contributed by atoms with Gasteiger partial charge in [-0.3, -0.25) is 14.8 Å². The lowest BCUT2D eigenvalue weighted by atomic mass is 10.0. The van der Waals surface area contributed by atoms with E-state index in [1.165, 1.54) is 0 Å². The average molecular weight is 524 g/mol. The highest BCUT2D eigenvalue weighted by Gasteiger charge is 2.60. The van der Waals surface area contributed by atoms with Crippen LogP contribution in [0.2, 0.25) is 0 Å². The minimum atomic E-state index is -0.513. The van der Waals surface area contributed by atoms with Crippen molar-refractivity contribution in [3.63, 3.8) is 0 Å². The van der Waals surface area contributed by atoms with Crippen LogP contribution in [0.1, 0.15) is 52.4 Å². The van der Waals surface area contributed by atoms with E-state index in [1.807, 2.05) is 53.6 Å². The van der Waals surface area contributed by atoms with Crippen molar-refractivity contribution in [2.45, 2.75) is 43.4 Å². The summed E-state index contributed by atoms with van der Waals surface area (Å²) in [4.78, 5) is 27.7. The topological polar surface area (TPSA) is 130 Å². The number of aliphatic hydroxyl groups excluding tert-OH is 1. The Morgan fingerprint density at radius 2 is 1.87 bits per heavy atom. The number of benzene rings is 1. The maximum absolute atomic E-state index is 13.1. The summed E-state index contributed by atoms with van der Waals surface area (Å²) < 4.78 is 5.86. The van der Waals surface area contributed by atoms with Gasteiger partial charge in [0.15, 0.2) is 0 Å². The van der Waals surface area contributed by atoms with Crippen LogP contribution in [0.25, 0.3) is 11.6 Å². The third kappa shape index (κ3) is 4.70. The number of pyridine rings is 1. The molecule has 3 aliphatic rings. The first-order valence-electron chi connectivity index (χ1n) is 13.5. The summed E-state index contributed by atoms with van der Waals surface area (Å²) in [6.45, 7) is 1.33. The maximum atomic E-state index is 13.1. The van der Waals surface area contributed by atoms with Gasteiger partial charge in [0.1, 0.15) is 11.4 Å². The van der Waals surface area contributed by atoms with Crippen molar-refractivity contribution in [2.24, 2.45) is 11.8 Å². The van der Waals surface area contributed by atoms with Crippen LogP contribution in [0.15, 0.2) is 71.7 Å². The molecular formula is C29H29N7O3. The molecule has 2 N–H and O–H groups in total. The van der Waals surface area contributed by atoms with Crippen molar-refractivity contribution in [2.75, 3.05) is 13.1 Å². The van der Waals surface area contributed by atoms with Crippen LogP contribution in [0, 0.1) is 11.8 Å². The summed E-state index contributed by atoms with van der Waals surface area (Å²) in [5.74, 6) is 1.79. The lowest BCUT2D eigenvalue weighted by Gasteiger charge is -2.21. The highest BCUT2D eigenvalue weighted by atomic mass is 16.4. The number of likely N-dealkylation sites (tertiary alicyclic amines) is 1. The Kier molecular flexibility index (Phi) is 6.13. The van der Waals surface area contributed by atoms with Crippen molar-refractivity contribution < 1.29 is 14.3 Å². The van der Waals surface area contributed by atoms with Gasteiger partial charge >= 0.3 is 0 Å². The number of rotatable bonds is 7. The Hall–Kier alpha value is -4.02. The molecule has 4 aromatic rings. The van der Waals surface area contributed by atoms with Gasteiger partial charge in [-0.2, -0.15) is 0 Å². The molecule has 0 radical (unpaired) electrons. The SMILES string of the molecule is O=C(c1ccc(C[C@@H]2CC[C@H]([C@H](O)c3ccccc3)N2)cn1)N1CC2C(C1)C2c1nnc(-c2cnccn2)o1. The van der Waals surface area contributed by atoms with Crippen LogP contribution in [0.5, 0.6) is 0 Å². The molecule has 1 saturated carbocycles. The number of fused-ring (bicyclic) bond motifs is 1. The van der Waals surface area contributed by atoms with E-state index in [2.05, 4.69) is 30.5 Å². The van der Waals surface area contributed by atoms with E-state index in [4.69, 9.17) is 4.42 Å². The van der Waals surface area contributed by atoms with Crippen LogP contribution >= 0.6 is 0 Å². The first-order valence-corrected chi connectivity index (χ1v) is 13.5. The fourth-order valence-electron chi connectivity index (χ4n) is 6.20. The standard InChI is InChI=1S/C29H29N7O3/c37-26(18-4-2-1-3-5-18)22-9-7-19(33-22)12-17-6-8-23(32-13-17)29(38)36-15-20-21(16-36)25(20)28-35-34-27(39-28)24-14-30-10-11-31-24/h1-6,8,10-11,13-14,19-22,25-26,33,37H,7,9,12,15-16H2/t19-,20?,21?,22+,25?,26+/m0/s1. The third-order valence-corrected chi connectivity index (χ3v) is 8.31. The molecule has 5 atom stereocenters. The van der Waals surface area contributed by atoms with Crippen LogP contribution < -0.4 is 5.32 Å². The average Bonchev–Trinajstić information content (AvgIpc) is 3.46. The van der Waals surface area contributed by atoms with Gasteiger partial charge in [-0.15, -0.1) is 10.2 Å². The fourth-order valence-corrected chi connectivity index (χ4v) is 6.20. The van der Waals surface area contributed by atoms with Gasteiger partial charge in [0.05, 0.1) is 12.3 Å². The number of aliphatic hydroxyl groups is 1. The number of carbonyl (C=O) groups excluding carboxylic acids is 1. The summed E-state index contributed by atoms with van der Waals surface area (Å²) in [5.41, 5.74) is 3.05. The summed E-state index contributed by atoms with van der Waals surface area (Å²) >= 11 is 0. The van der Waals surface area contributed by atoms with Crippen LogP contribution in [0.3, 0.4) is 0 Å². The highest BCUT2D eigenvalue weighted by molar-refractivity contribution is 5.92.